The highest BCUT2D eigenvalue weighted by Crippen LogP contribution is 2.31. The smallest absolute Gasteiger partial charge is 0.408 e. The van der Waals surface area contributed by atoms with E-state index in [2.05, 4.69) is 19.2 Å². The zero-order valence-electron chi connectivity index (χ0n) is 17.7. The predicted octanol–water partition coefficient (Wildman–Crippen LogP) is 4.28. The van der Waals surface area contributed by atoms with Crippen molar-refractivity contribution in [1.82, 2.24) is 5.32 Å². The van der Waals surface area contributed by atoms with Gasteiger partial charge in [0.05, 0.1) is 7.11 Å². The lowest BCUT2D eigenvalue weighted by molar-refractivity contribution is -0.152. The van der Waals surface area contributed by atoms with Gasteiger partial charge < -0.3 is 19.5 Å². The minimum atomic E-state index is -0.800. The van der Waals surface area contributed by atoms with Crippen molar-refractivity contribution in [3.63, 3.8) is 0 Å². The Kier molecular flexibility index (Phi) is 8.13. The fraction of sp³-hybridized carbons (Fsp3) is 0.619. The molecule has 0 heterocycles. The summed E-state index contributed by atoms with van der Waals surface area (Å²) in [6.07, 6.45) is -0.996. The summed E-state index contributed by atoms with van der Waals surface area (Å²) < 4.78 is 16.0. The molecule has 0 spiro atoms. The van der Waals surface area contributed by atoms with E-state index in [-0.39, 0.29) is 17.9 Å². The Balaban J connectivity index is 2.75. The third-order valence-corrected chi connectivity index (χ3v) is 4.11. The molecule has 1 rings (SSSR count). The maximum Gasteiger partial charge on any atom is 0.408 e. The van der Waals surface area contributed by atoms with E-state index in [0.29, 0.717) is 0 Å². The number of hydrogen-bond donors (Lipinski definition) is 1. The number of carbonyl (C=O) groups is 2. The molecule has 0 aliphatic heterocycles. The van der Waals surface area contributed by atoms with Crippen LogP contribution in [-0.2, 0) is 14.3 Å². The molecule has 1 aromatic carbocycles. The predicted molar refractivity (Wildman–Crippen MR) is 105 cm³/mol. The second kappa shape index (κ2) is 9.62. The first kappa shape index (κ1) is 22.8. The van der Waals surface area contributed by atoms with Crippen LogP contribution in [-0.4, -0.2) is 36.9 Å². The Hall–Kier alpha value is -2.24. The zero-order valence-corrected chi connectivity index (χ0v) is 17.7. The van der Waals surface area contributed by atoms with Crippen LogP contribution in [0, 0.1) is 5.92 Å². The molecule has 6 nitrogen and oxygen atoms in total. The molecule has 0 saturated carbocycles. The molecule has 27 heavy (non-hydrogen) atoms. The molecular weight excluding hydrogens is 346 g/mol. The molecule has 0 saturated heterocycles. The van der Waals surface area contributed by atoms with Crippen molar-refractivity contribution in [2.75, 3.05) is 7.11 Å². The molecule has 1 aromatic rings. The van der Waals surface area contributed by atoms with Crippen molar-refractivity contribution in [2.45, 2.75) is 72.1 Å². The third-order valence-electron chi connectivity index (χ3n) is 4.11. The Bertz CT molecular complexity index is 618. The van der Waals surface area contributed by atoms with Gasteiger partial charge >= 0.3 is 12.1 Å². The number of hydrogen-bond acceptors (Lipinski definition) is 5. The highest BCUT2D eigenvalue weighted by molar-refractivity contribution is 5.81. The van der Waals surface area contributed by atoms with Gasteiger partial charge in [-0.25, -0.2) is 9.59 Å². The van der Waals surface area contributed by atoms with E-state index in [1.165, 1.54) is 0 Å². The van der Waals surface area contributed by atoms with Gasteiger partial charge in [-0.05, 0) is 58.2 Å². The Morgan fingerprint density at radius 1 is 1.00 bits per heavy atom. The number of carbonyl (C=O) groups excluding carboxylic acids is 2. The number of alkyl carbamates (subject to hydrolysis) is 1. The summed E-state index contributed by atoms with van der Waals surface area (Å²) in [5.74, 6) is 0.567. The highest BCUT2D eigenvalue weighted by atomic mass is 16.6. The molecule has 3 atom stereocenters. The second-order valence-electron chi connectivity index (χ2n) is 8.05. The van der Waals surface area contributed by atoms with E-state index in [0.717, 1.165) is 11.3 Å². The van der Waals surface area contributed by atoms with Gasteiger partial charge in [-0.2, -0.15) is 0 Å². The minimum Gasteiger partial charge on any atom is -0.497 e. The van der Waals surface area contributed by atoms with Crippen LogP contribution in [0.25, 0.3) is 0 Å². The van der Waals surface area contributed by atoms with Gasteiger partial charge in [0.1, 0.15) is 23.5 Å². The first-order valence-corrected chi connectivity index (χ1v) is 9.28. The summed E-state index contributed by atoms with van der Waals surface area (Å²) in [5, 5.41) is 2.51. The normalized spacial score (nSPS) is 14.9. The van der Waals surface area contributed by atoms with Crippen molar-refractivity contribution >= 4 is 12.1 Å². The van der Waals surface area contributed by atoms with Crippen LogP contribution in [0.3, 0.4) is 0 Å². The molecule has 6 heteroatoms. The van der Waals surface area contributed by atoms with E-state index in [4.69, 9.17) is 14.2 Å². The van der Waals surface area contributed by atoms with Crippen LogP contribution in [0.1, 0.15) is 59.9 Å². The summed E-state index contributed by atoms with van der Waals surface area (Å²) in [6.45, 7) is 12.9. The van der Waals surface area contributed by atoms with Gasteiger partial charge in [-0.15, -0.1) is 0 Å². The second-order valence-corrected chi connectivity index (χ2v) is 8.05. The van der Waals surface area contributed by atoms with Crippen molar-refractivity contribution in [1.29, 1.82) is 0 Å². The number of methoxy groups -OCH3 is 1. The number of nitrogens with one attached hydrogen (secondary N) is 1. The number of benzene rings is 1. The first-order chi connectivity index (χ1) is 12.4. The van der Waals surface area contributed by atoms with Crippen LogP contribution >= 0.6 is 0 Å². The largest absolute Gasteiger partial charge is 0.497 e. The van der Waals surface area contributed by atoms with E-state index >= 15 is 0 Å². The zero-order chi connectivity index (χ0) is 20.8. The molecular formula is C21H33NO5. The fourth-order valence-electron chi connectivity index (χ4n) is 2.93. The first-order valence-electron chi connectivity index (χ1n) is 9.28. The topological polar surface area (TPSA) is 73.9 Å². The van der Waals surface area contributed by atoms with Crippen LogP contribution in [0.2, 0.25) is 0 Å². The third kappa shape index (κ3) is 7.49. The summed E-state index contributed by atoms with van der Waals surface area (Å²) in [5.41, 5.74) is 0.442. The minimum absolute atomic E-state index is 0.0218. The summed E-state index contributed by atoms with van der Waals surface area (Å²) in [6, 6.07) is 6.95. The number of esters is 1. The van der Waals surface area contributed by atoms with Gasteiger partial charge in [0.25, 0.3) is 0 Å². The lowest BCUT2D eigenvalue weighted by Crippen LogP contribution is -2.43. The van der Waals surface area contributed by atoms with Crippen molar-refractivity contribution in [2.24, 2.45) is 5.92 Å². The molecule has 1 amide bonds. The van der Waals surface area contributed by atoms with Crippen molar-refractivity contribution < 1.29 is 23.8 Å². The SMILES string of the molecule is COc1ccc([C@H](C(C)C)[C@H](C)OC(=O)[C@H](C)NC(=O)OC(C)(C)C)cc1. The Morgan fingerprint density at radius 2 is 1.56 bits per heavy atom. The lowest BCUT2D eigenvalue weighted by atomic mass is 9.84. The van der Waals surface area contributed by atoms with E-state index in [1.807, 2.05) is 31.2 Å². The summed E-state index contributed by atoms with van der Waals surface area (Å²) in [4.78, 5) is 24.2. The number of amides is 1. The average molecular weight is 379 g/mol. The van der Waals surface area contributed by atoms with E-state index < -0.39 is 23.7 Å². The van der Waals surface area contributed by atoms with Crippen molar-refractivity contribution in [3.8, 4) is 5.75 Å². The standard InChI is InChI=1S/C21H33NO5/c1-13(2)18(16-9-11-17(25-8)12-10-16)15(4)26-19(23)14(3)22-20(24)27-21(5,6)7/h9-15,18H,1-8H3,(H,22,24)/t14-,15-,18+/m0/s1. The highest BCUT2D eigenvalue weighted by Gasteiger charge is 2.29. The summed E-state index contributed by atoms with van der Waals surface area (Å²) in [7, 11) is 1.62. The monoisotopic (exact) mass is 379 g/mol. The molecule has 152 valence electrons. The van der Waals surface area contributed by atoms with E-state index in [9.17, 15) is 9.59 Å². The maximum absolute atomic E-state index is 12.4. The molecule has 0 aromatic heterocycles. The molecule has 0 radical (unpaired) electrons. The van der Waals surface area contributed by atoms with Gasteiger partial charge in [0, 0.05) is 5.92 Å². The van der Waals surface area contributed by atoms with Crippen LogP contribution < -0.4 is 10.1 Å². The van der Waals surface area contributed by atoms with Crippen molar-refractivity contribution in [3.05, 3.63) is 29.8 Å². The lowest BCUT2D eigenvalue weighted by Gasteiger charge is -2.29. The molecule has 0 bridgehead atoms. The van der Waals surface area contributed by atoms with Crippen LogP contribution in [0.4, 0.5) is 4.79 Å². The van der Waals surface area contributed by atoms with Gasteiger partial charge in [-0.3, -0.25) is 0 Å². The summed E-state index contributed by atoms with van der Waals surface area (Å²) >= 11 is 0. The average Bonchev–Trinajstić information content (AvgIpc) is 2.53. The Morgan fingerprint density at radius 3 is 2.00 bits per heavy atom. The molecule has 0 fully saturated rings. The molecule has 0 unspecified atom stereocenters. The fourth-order valence-corrected chi connectivity index (χ4v) is 2.93. The van der Waals surface area contributed by atoms with Crippen LogP contribution in [0.15, 0.2) is 24.3 Å². The van der Waals surface area contributed by atoms with E-state index in [1.54, 1.807) is 34.8 Å². The molecule has 0 aliphatic carbocycles. The molecule has 0 aliphatic rings. The number of ether oxygens (including phenoxy) is 3. The van der Waals surface area contributed by atoms with Gasteiger partial charge in [0.15, 0.2) is 0 Å². The van der Waals surface area contributed by atoms with Gasteiger partial charge in [-0.1, -0.05) is 26.0 Å². The quantitative estimate of drug-likeness (QED) is 0.716. The Labute approximate surface area is 162 Å². The maximum atomic E-state index is 12.4. The van der Waals surface area contributed by atoms with Gasteiger partial charge in [0.2, 0.25) is 0 Å². The van der Waals surface area contributed by atoms with Crippen LogP contribution in [0.5, 0.6) is 5.75 Å². The molecule has 1 N–H and O–H groups in total. The number of rotatable bonds is 7.